The third-order valence-electron chi connectivity index (χ3n) is 3.94. The molecular weight excluding hydrogens is 280 g/mol. The molecule has 0 bridgehead atoms. The fourth-order valence-electron chi connectivity index (χ4n) is 3.03. The van der Waals surface area contributed by atoms with Crippen LogP contribution in [-0.2, 0) is 16.1 Å². The topological polar surface area (TPSA) is 59.6 Å². The highest BCUT2D eigenvalue weighted by Crippen LogP contribution is 2.37. The predicted molar refractivity (Wildman–Crippen MR) is 87.0 cm³/mol. The van der Waals surface area contributed by atoms with Gasteiger partial charge in [-0.25, -0.2) is 4.79 Å². The summed E-state index contributed by atoms with van der Waals surface area (Å²) in [4.78, 5) is 12.3. The molecule has 0 aromatic heterocycles. The van der Waals surface area contributed by atoms with Gasteiger partial charge in [0.1, 0.15) is 0 Å². The van der Waals surface area contributed by atoms with Crippen molar-refractivity contribution >= 4 is 11.7 Å². The van der Waals surface area contributed by atoms with Gasteiger partial charge in [-0.1, -0.05) is 18.2 Å². The molecule has 2 rings (SSSR count). The van der Waals surface area contributed by atoms with Crippen molar-refractivity contribution in [1.82, 2.24) is 5.32 Å². The molecule has 5 nitrogen and oxygen atoms in total. The number of hydrogen-bond acceptors (Lipinski definition) is 3. The summed E-state index contributed by atoms with van der Waals surface area (Å²) in [5.74, 6) is 0. The number of nitrogens with one attached hydrogen (secondary N) is 2. The van der Waals surface area contributed by atoms with Crippen molar-refractivity contribution in [2.75, 3.05) is 12.4 Å². The lowest BCUT2D eigenvalue weighted by Gasteiger charge is -2.27. The fraction of sp³-hybridized carbons (Fsp3) is 0.588. The highest BCUT2D eigenvalue weighted by Gasteiger charge is 2.46. The van der Waals surface area contributed by atoms with Crippen molar-refractivity contribution in [3.63, 3.8) is 0 Å². The molecule has 0 saturated carbocycles. The van der Waals surface area contributed by atoms with Gasteiger partial charge in [0.2, 0.25) is 0 Å². The van der Waals surface area contributed by atoms with Crippen LogP contribution in [0.5, 0.6) is 0 Å². The quantitative estimate of drug-likeness (QED) is 0.897. The number of amides is 2. The predicted octanol–water partition coefficient (Wildman–Crippen LogP) is 3.30. The molecule has 1 fully saturated rings. The van der Waals surface area contributed by atoms with Crippen LogP contribution >= 0.6 is 0 Å². The average molecular weight is 306 g/mol. The van der Waals surface area contributed by atoms with Crippen LogP contribution in [0.1, 0.15) is 39.7 Å². The molecule has 0 aliphatic carbocycles. The maximum absolute atomic E-state index is 12.3. The van der Waals surface area contributed by atoms with Crippen LogP contribution in [0.15, 0.2) is 24.3 Å². The van der Waals surface area contributed by atoms with Crippen molar-refractivity contribution < 1.29 is 14.3 Å². The number of carbonyl (C=O) groups excluding carboxylic acids is 1. The van der Waals surface area contributed by atoms with E-state index in [0.717, 1.165) is 17.7 Å². The van der Waals surface area contributed by atoms with Gasteiger partial charge in [-0.2, -0.15) is 0 Å². The minimum absolute atomic E-state index is 0.0305. The highest BCUT2D eigenvalue weighted by molar-refractivity contribution is 5.90. The van der Waals surface area contributed by atoms with Gasteiger partial charge in [-0.3, -0.25) is 0 Å². The third kappa shape index (κ3) is 3.99. The molecule has 122 valence electrons. The van der Waals surface area contributed by atoms with E-state index in [1.165, 1.54) is 0 Å². The lowest BCUT2D eigenvalue weighted by molar-refractivity contribution is -0.0689. The van der Waals surface area contributed by atoms with E-state index in [-0.39, 0.29) is 23.3 Å². The Bertz CT molecular complexity index is 540. The Kier molecular flexibility index (Phi) is 4.78. The molecule has 1 aromatic carbocycles. The third-order valence-corrected chi connectivity index (χ3v) is 3.94. The maximum Gasteiger partial charge on any atom is 0.319 e. The highest BCUT2D eigenvalue weighted by atomic mass is 16.5. The first-order chi connectivity index (χ1) is 10.2. The Hall–Kier alpha value is -1.59. The van der Waals surface area contributed by atoms with Crippen molar-refractivity contribution in [2.24, 2.45) is 0 Å². The van der Waals surface area contributed by atoms with Gasteiger partial charge in [-0.05, 0) is 40.2 Å². The number of methoxy groups -OCH3 is 1. The van der Waals surface area contributed by atoms with E-state index < -0.39 is 0 Å². The number of anilines is 1. The molecule has 1 unspecified atom stereocenters. The van der Waals surface area contributed by atoms with Gasteiger partial charge >= 0.3 is 6.03 Å². The Morgan fingerprint density at radius 2 is 2.00 bits per heavy atom. The molecule has 2 amide bonds. The first-order valence-corrected chi connectivity index (χ1v) is 7.58. The second kappa shape index (κ2) is 6.26. The van der Waals surface area contributed by atoms with Crippen molar-refractivity contribution in [3.05, 3.63) is 29.8 Å². The average Bonchev–Trinajstić information content (AvgIpc) is 2.59. The van der Waals surface area contributed by atoms with Crippen molar-refractivity contribution in [3.8, 4) is 0 Å². The molecule has 1 aliphatic rings. The number of hydrogen-bond donors (Lipinski definition) is 2. The summed E-state index contributed by atoms with van der Waals surface area (Å²) in [6.45, 7) is 8.56. The van der Waals surface area contributed by atoms with Crippen LogP contribution in [0, 0.1) is 0 Å². The Morgan fingerprint density at radius 1 is 1.32 bits per heavy atom. The van der Waals surface area contributed by atoms with Crippen LogP contribution in [0.2, 0.25) is 0 Å². The second-order valence-electron chi connectivity index (χ2n) is 6.91. The number of urea groups is 1. The monoisotopic (exact) mass is 306 g/mol. The van der Waals surface area contributed by atoms with Crippen LogP contribution < -0.4 is 10.6 Å². The molecular formula is C17H26N2O3. The van der Waals surface area contributed by atoms with E-state index in [9.17, 15) is 4.79 Å². The summed E-state index contributed by atoms with van der Waals surface area (Å²) < 4.78 is 11.2. The van der Waals surface area contributed by atoms with Gasteiger partial charge in [-0.15, -0.1) is 0 Å². The summed E-state index contributed by atoms with van der Waals surface area (Å²) in [6.07, 6.45) is 0.785. The van der Waals surface area contributed by atoms with E-state index in [4.69, 9.17) is 9.47 Å². The molecule has 2 N–H and O–H groups in total. The molecule has 1 aromatic rings. The minimum Gasteiger partial charge on any atom is -0.380 e. The summed E-state index contributed by atoms with van der Waals surface area (Å²) >= 11 is 0. The molecule has 1 atom stereocenters. The van der Waals surface area contributed by atoms with Gasteiger partial charge in [0, 0.05) is 18.4 Å². The summed E-state index contributed by atoms with van der Waals surface area (Å²) in [5.41, 5.74) is 1.10. The van der Waals surface area contributed by atoms with Gasteiger partial charge in [0.15, 0.2) is 0 Å². The Balaban J connectivity index is 2.02. The number of carbonyl (C=O) groups is 1. The normalized spacial score (nSPS) is 22.3. The molecule has 1 aliphatic heterocycles. The Morgan fingerprint density at radius 3 is 2.59 bits per heavy atom. The van der Waals surface area contributed by atoms with Gasteiger partial charge in [0.25, 0.3) is 0 Å². The largest absolute Gasteiger partial charge is 0.380 e. The summed E-state index contributed by atoms with van der Waals surface area (Å²) in [6, 6.07) is 7.37. The van der Waals surface area contributed by atoms with Crippen LogP contribution in [0.25, 0.3) is 0 Å². The van der Waals surface area contributed by atoms with Crippen molar-refractivity contribution in [1.29, 1.82) is 0 Å². The minimum atomic E-state index is -0.382. The standard InChI is InChI=1S/C17H26N2O3/c1-16(2)10-14(17(3,4)22-16)19-15(20)18-13-9-7-6-8-12(13)11-21-5/h6-9,14H,10-11H2,1-5H3,(H2,18,19,20). The van der Waals surface area contributed by atoms with Gasteiger partial charge < -0.3 is 20.1 Å². The summed E-state index contributed by atoms with van der Waals surface area (Å²) in [5, 5.41) is 5.93. The van der Waals surface area contributed by atoms with E-state index in [0.29, 0.717) is 6.61 Å². The Labute approximate surface area is 132 Å². The lowest BCUT2D eigenvalue weighted by Crippen LogP contribution is -2.47. The number of benzene rings is 1. The molecule has 1 heterocycles. The molecule has 22 heavy (non-hydrogen) atoms. The van der Waals surface area contributed by atoms with Crippen LogP contribution in [-0.4, -0.2) is 30.4 Å². The van der Waals surface area contributed by atoms with E-state index in [1.54, 1.807) is 7.11 Å². The number of rotatable bonds is 4. The zero-order valence-electron chi connectivity index (χ0n) is 14.0. The number of para-hydroxylation sites is 1. The van der Waals surface area contributed by atoms with Gasteiger partial charge in [0.05, 0.1) is 23.9 Å². The SMILES string of the molecule is COCc1ccccc1NC(=O)NC1CC(C)(C)OC1(C)C. The van der Waals surface area contributed by atoms with E-state index >= 15 is 0 Å². The second-order valence-corrected chi connectivity index (χ2v) is 6.91. The van der Waals surface area contributed by atoms with Crippen LogP contribution in [0.3, 0.4) is 0 Å². The zero-order chi connectivity index (χ0) is 16.4. The number of ether oxygens (including phenoxy) is 2. The van der Waals surface area contributed by atoms with E-state index in [1.807, 2.05) is 52.0 Å². The van der Waals surface area contributed by atoms with E-state index in [2.05, 4.69) is 10.6 Å². The van der Waals surface area contributed by atoms with Crippen molar-refractivity contribution in [2.45, 2.75) is 58.0 Å². The molecule has 5 heteroatoms. The lowest BCUT2D eigenvalue weighted by atomic mass is 9.95. The first-order valence-electron chi connectivity index (χ1n) is 7.58. The molecule has 0 radical (unpaired) electrons. The summed E-state index contributed by atoms with van der Waals surface area (Å²) in [7, 11) is 1.64. The zero-order valence-corrected chi connectivity index (χ0v) is 14.0. The molecule has 1 saturated heterocycles. The first kappa shape index (κ1) is 16.8. The molecule has 0 spiro atoms. The smallest absolute Gasteiger partial charge is 0.319 e. The van der Waals surface area contributed by atoms with Crippen LogP contribution in [0.4, 0.5) is 10.5 Å². The fourth-order valence-corrected chi connectivity index (χ4v) is 3.03. The maximum atomic E-state index is 12.3.